The molecule has 2 aromatic carbocycles. The van der Waals surface area contributed by atoms with Gasteiger partial charge >= 0.3 is 0 Å². The van der Waals surface area contributed by atoms with Crippen molar-refractivity contribution in [1.82, 2.24) is 10.2 Å². The van der Waals surface area contributed by atoms with Crippen LogP contribution in [0.4, 0.5) is 15.2 Å². The summed E-state index contributed by atoms with van der Waals surface area (Å²) in [6, 6.07) is 10.5. The van der Waals surface area contributed by atoms with Crippen molar-refractivity contribution >= 4 is 57.3 Å². The fraction of sp³-hybridized carbons (Fsp3) is 0.111. The van der Waals surface area contributed by atoms with Crippen molar-refractivity contribution in [2.45, 2.75) is 4.34 Å². The van der Waals surface area contributed by atoms with Gasteiger partial charge in [0.05, 0.1) is 24.1 Å². The van der Waals surface area contributed by atoms with Crippen LogP contribution in [0.15, 0.2) is 46.8 Å². The van der Waals surface area contributed by atoms with Crippen LogP contribution in [0.2, 0.25) is 5.02 Å². The third-order valence-corrected chi connectivity index (χ3v) is 5.71. The van der Waals surface area contributed by atoms with Gasteiger partial charge in [0.1, 0.15) is 11.6 Å². The summed E-state index contributed by atoms with van der Waals surface area (Å²) in [5, 5.41) is 13.6. The van der Waals surface area contributed by atoms with E-state index in [0.717, 1.165) is 23.1 Å². The summed E-state index contributed by atoms with van der Waals surface area (Å²) >= 11 is 8.17. The third kappa shape index (κ3) is 5.66. The van der Waals surface area contributed by atoms with E-state index in [9.17, 15) is 14.0 Å². The molecule has 0 aliphatic heterocycles. The molecule has 0 aliphatic carbocycles. The predicted molar refractivity (Wildman–Crippen MR) is 112 cm³/mol. The fourth-order valence-corrected chi connectivity index (χ4v) is 3.94. The van der Waals surface area contributed by atoms with E-state index >= 15 is 0 Å². The standard InChI is InChI=1S/C18H14ClFN4O3S2/c1-27-14-7-6-10(19)8-13(14)21-15(25)9-28-18-24-23-17(29-18)22-16(26)11-4-2-3-5-12(11)20/h2-8H,9H2,1H3,(H,21,25)(H,22,23,26). The molecule has 150 valence electrons. The lowest BCUT2D eigenvalue weighted by Gasteiger charge is -2.09. The van der Waals surface area contributed by atoms with Crippen molar-refractivity contribution in [2.24, 2.45) is 0 Å². The van der Waals surface area contributed by atoms with Crippen LogP contribution in [-0.4, -0.2) is 34.9 Å². The number of benzene rings is 2. The first-order valence-corrected chi connectivity index (χ1v) is 10.3. The second-order valence-electron chi connectivity index (χ2n) is 5.49. The maximum atomic E-state index is 13.7. The minimum atomic E-state index is -0.628. The van der Waals surface area contributed by atoms with Gasteiger partial charge in [0.15, 0.2) is 4.34 Å². The lowest BCUT2D eigenvalue weighted by molar-refractivity contribution is -0.113. The number of carbonyl (C=O) groups excluding carboxylic acids is 2. The van der Waals surface area contributed by atoms with Gasteiger partial charge in [0.2, 0.25) is 11.0 Å². The molecule has 3 aromatic rings. The van der Waals surface area contributed by atoms with E-state index in [1.54, 1.807) is 24.3 Å². The topological polar surface area (TPSA) is 93.2 Å². The fourth-order valence-electron chi connectivity index (χ4n) is 2.22. The van der Waals surface area contributed by atoms with Crippen LogP contribution in [0.3, 0.4) is 0 Å². The smallest absolute Gasteiger partial charge is 0.260 e. The summed E-state index contributed by atoms with van der Waals surface area (Å²) in [6.45, 7) is 0. The van der Waals surface area contributed by atoms with Crippen LogP contribution in [0.1, 0.15) is 10.4 Å². The molecule has 2 N–H and O–H groups in total. The lowest BCUT2D eigenvalue weighted by atomic mass is 10.2. The summed E-state index contributed by atoms with van der Waals surface area (Å²) in [7, 11) is 1.49. The maximum Gasteiger partial charge on any atom is 0.260 e. The zero-order chi connectivity index (χ0) is 20.8. The van der Waals surface area contributed by atoms with Gasteiger partial charge in [0.25, 0.3) is 5.91 Å². The number of carbonyl (C=O) groups is 2. The number of amides is 2. The molecule has 0 spiro atoms. The number of hydrogen-bond donors (Lipinski definition) is 2. The van der Waals surface area contributed by atoms with Crippen molar-refractivity contribution in [3.05, 3.63) is 58.9 Å². The van der Waals surface area contributed by atoms with E-state index in [2.05, 4.69) is 20.8 Å². The number of methoxy groups -OCH3 is 1. The highest BCUT2D eigenvalue weighted by Gasteiger charge is 2.15. The number of thioether (sulfide) groups is 1. The summed E-state index contributed by atoms with van der Waals surface area (Å²) in [5.74, 6) is -0.991. The molecular weight excluding hydrogens is 439 g/mol. The van der Waals surface area contributed by atoms with Crippen molar-refractivity contribution < 1.29 is 18.7 Å². The molecule has 7 nitrogen and oxygen atoms in total. The average molecular weight is 453 g/mol. The first-order valence-electron chi connectivity index (χ1n) is 8.12. The molecule has 0 aliphatic rings. The molecule has 11 heteroatoms. The molecule has 0 fully saturated rings. The second kappa shape index (κ2) is 9.68. The number of rotatable bonds is 7. The summed E-state index contributed by atoms with van der Waals surface area (Å²) in [5.41, 5.74) is 0.368. The minimum absolute atomic E-state index is 0.0611. The van der Waals surface area contributed by atoms with Gasteiger partial charge in [-0.05, 0) is 30.3 Å². The molecule has 0 radical (unpaired) electrons. The first-order chi connectivity index (χ1) is 14.0. The van der Waals surface area contributed by atoms with Gasteiger partial charge in [-0.15, -0.1) is 10.2 Å². The van der Waals surface area contributed by atoms with Gasteiger partial charge in [0, 0.05) is 5.02 Å². The van der Waals surface area contributed by atoms with Crippen molar-refractivity contribution in [1.29, 1.82) is 0 Å². The van der Waals surface area contributed by atoms with E-state index in [-0.39, 0.29) is 22.4 Å². The summed E-state index contributed by atoms with van der Waals surface area (Å²) in [4.78, 5) is 24.3. The van der Waals surface area contributed by atoms with Crippen molar-refractivity contribution in [2.75, 3.05) is 23.5 Å². The Morgan fingerprint density at radius 1 is 1.21 bits per heavy atom. The Hall–Kier alpha value is -2.69. The third-order valence-electron chi connectivity index (χ3n) is 3.51. The number of nitrogens with one attached hydrogen (secondary N) is 2. The summed E-state index contributed by atoms with van der Waals surface area (Å²) < 4.78 is 19.3. The molecule has 0 bridgehead atoms. The van der Waals surface area contributed by atoms with Crippen LogP contribution in [0.5, 0.6) is 5.75 Å². The molecule has 3 rings (SSSR count). The lowest BCUT2D eigenvalue weighted by Crippen LogP contribution is -2.14. The van der Waals surface area contributed by atoms with Crippen LogP contribution in [-0.2, 0) is 4.79 Å². The molecule has 1 aromatic heterocycles. The zero-order valence-electron chi connectivity index (χ0n) is 14.9. The normalized spacial score (nSPS) is 10.4. The van der Waals surface area contributed by atoms with E-state index in [0.29, 0.717) is 20.8 Å². The van der Waals surface area contributed by atoms with Crippen LogP contribution in [0, 0.1) is 5.82 Å². The van der Waals surface area contributed by atoms with Gasteiger partial charge in [-0.2, -0.15) is 0 Å². The van der Waals surface area contributed by atoms with Gasteiger partial charge in [-0.3, -0.25) is 14.9 Å². The Bertz CT molecular complexity index is 1050. The molecule has 0 atom stereocenters. The highest BCUT2D eigenvalue weighted by Crippen LogP contribution is 2.29. The second-order valence-corrected chi connectivity index (χ2v) is 8.12. The predicted octanol–water partition coefficient (Wildman–Crippen LogP) is 4.32. The Kier molecular flexibility index (Phi) is 7.02. The average Bonchev–Trinajstić information content (AvgIpc) is 3.14. The van der Waals surface area contributed by atoms with E-state index in [1.807, 2.05) is 0 Å². The highest BCUT2D eigenvalue weighted by atomic mass is 35.5. The largest absolute Gasteiger partial charge is 0.495 e. The number of ether oxygens (including phenoxy) is 1. The van der Waals surface area contributed by atoms with Crippen LogP contribution >= 0.6 is 34.7 Å². The van der Waals surface area contributed by atoms with Crippen LogP contribution in [0.25, 0.3) is 0 Å². The molecule has 2 amide bonds. The Morgan fingerprint density at radius 3 is 2.76 bits per heavy atom. The van der Waals surface area contributed by atoms with E-state index in [4.69, 9.17) is 16.3 Å². The monoisotopic (exact) mass is 452 g/mol. The van der Waals surface area contributed by atoms with Crippen molar-refractivity contribution in [3.63, 3.8) is 0 Å². The van der Waals surface area contributed by atoms with Crippen LogP contribution < -0.4 is 15.4 Å². The summed E-state index contributed by atoms with van der Waals surface area (Å²) in [6.07, 6.45) is 0. The number of hydrogen-bond acceptors (Lipinski definition) is 7. The number of anilines is 2. The zero-order valence-corrected chi connectivity index (χ0v) is 17.3. The Labute approximate surface area is 178 Å². The number of aromatic nitrogens is 2. The first kappa shape index (κ1) is 21.0. The van der Waals surface area contributed by atoms with Gasteiger partial charge < -0.3 is 10.1 Å². The molecule has 1 heterocycles. The van der Waals surface area contributed by atoms with Gasteiger partial charge in [-0.25, -0.2) is 4.39 Å². The SMILES string of the molecule is COc1ccc(Cl)cc1NC(=O)CSc1nnc(NC(=O)c2ccccc2F)s1. The quantitative estimate of drug-likeness (QED) is 0.409. The Morgan fingerprint density at radius 2 is 2.00 bits per heavy atom. The molecular formula is C18H14ClFN4O3S2. The molecule has 0 saturated heterocycles. The molecule has 0 saturated carbocycles. The Balaban J connectivity index is 1.55. The highest BCUT2D eigenvalue weighted by molar-refractivity contribution is 8.01. The number of nitrogens with zero attached hydrogens (tertiary/aromatic N) is 2. The maximum absolute atomic E-state index is 13.7. The molecule has 29 heavy (non-hydrogen) atoms. The van der Waals surface area contributed by atoms with Crippen molar-refractivity contribution in [3.8, 4) is 5.75 Å². The van der Waals surface area contributed by atoms with Gasteiger partial charge in [-0.1, -0.05) is 46.8 Å². The minimum Gasteiger partial charge on any atom is -0.495 e. The number of halogens is 2. The van der Waals surface area contributed by atoms with E-state index in [1.165, 1.54) is 25.3 Å². The molecule has 0 unspecified atom stereocenters. The van der Waals surface area contributed by atoms with E-state index < -0.39 is 11.7 Å².